The van der Waals surface area contributed by atoms with Gasteiger partial charge >= 0.3 is 18.5 Å². The minimum absolute atomic E-state index is 0.00151. The second kappa shape index (κ2) is 11.0. The van der Waals surface area contributed by atoms with Gasteiger partial charge in [0.05, 0.1) is 25.2 Å². The summed E-state index contributed by atoms with van der Waals surface area (Å²) in [7, 11) is 0. The third-order valence-corrected chi connectivity index (χ3v) is 6.95. The molecule has 0 saturated carbocycles. The Kier molecular flexibility index (Phi) is 8.21. The van der Waals surface area contributed by atoms with Crippen molar-refractivity contribution in [2.45, 2.75) is 50.3 Å². The number of amides is 2. The predicted molar refractivity (Wildman–Crippen MR) is 131 cm³/mol. The van der Waals surface area contributed by atoms with Crippen LogP contribution in [0.4, 0.5) is 39.5 Å². The zero-order valence-electron chi connectivity index (χ0n) is 21.6. The molecule has 42 heavy (non-hydrogen) atoms. The number of benzene rings is 2. The lowest BCUT2D eigenvalue weighted by Gasteiger charge is -2.30. The van der Waals surface area contributed by atoms with Crippen LogP contribution in [-0.4, -0.2) is 65.6 Å². The van der Waals surface area contributed by atoms with E-state index in [0.717, 1.165) is 34.1 Å². The Bertz CT molecular complexity index is 1400. The van der Waals surface area contributed by atoms with E-state index >= 15 is 0 Å². The molecule has 0 aromatic heterocycles. The molecule has 228 valence electrons. The van der Waals surface area contributed by atoms with Crippen LogP contribution in [0.3, 0.4) is 0 Å². The van der Waals surface area contributed by atoms with Gasteiger partial charge in [-0.1, -0.05) is 28.9 Å². The smallest absolute Gasteiger partial charge is 0.374 e. The number of aryl methyl sites for hydroxylation is 1. The van der Waals surface area contributed by atoms with Gasteiger partial charge in [0, 0.05) is 29.1 Å². The molecule has 1 saturated heterocycles. The highest BCUT2D eigenvalue weighted by atomic mass is 35.5. The first kappa shape index (κ1) is 31.4. The van der Waals surface area contributed by atoms with Crippen molar-refractivity contribution < 1.29 is 53.9 Å². The third-order valence-electron chi connectivity index (χ3n) is 6.73. The van der Waals surface area contributed by atoms with E-state index in [1.165, 1.54) is 19.1 Å². The molecule has 2 aliphatic rings. The first-order chi connectivity index (χ1) is 19.3. The summed E-state index contributed by atoms with van der Waals surface area (Å²) in [5, 5.41) is 3.54. The van der Waals surface area contributed by atoms with E-state index < -0.39 is 86.1 Å². The van der Waals surface area contributed by atoms with Crippen LogP contribution < -0.4 is 0 Å². The van der Waals surface area contributed by atoms with E-state index in [1.54, 1.807) is 0 Å². The monoisotopic (exact) mass is 629 g/mol. The molecule has 1 unspecified atom stereocenters. The predicted octanol–water partition coefficient (Wildman–Crippen LogP) is 6.53. The number of hydrogen-bond donors (Lipinski definition) is 0. The molecule has 4 rings (SSSR count). The van der Waals surface area contributed by atoms with E-state index in [1.807, 2.05) is 0 Å². The minimum atomic E-state index is -5.01. The van der Waals surface area contributed by atoms with Gasteiger partial charge in [-0.2, -0.15) is 39.5 Å². The van der Waals surface area contributed by atoms with Gasteiger partial charge in [-0.15, -0.1) is 0 Å². The van der Waals surface area contributed by atoms with Crippen molar-refractivity contribution >= 4 is 29.1 Å². The van der Waals surface area contributed by atoms with Crippen molar-refractivity contribution in [3.05, 3.63) is 69.2 Å². The zero-order valence-corrected chi connectivity index (χ0v) is 22.3. The normalized spacial score (nSPS) is 19.8. The molecule has 0 bridgehead atoms. The Hall–Kier alpha value is -3.49. The van der Waals surface area contributed by atoms with E-state index in [4.69, 9.17) is 16.4 Å². The third kappa shape index (κ3) is 6.76. The molecule has 2 aromatic carbocycles. The van der Waals surface area contributed by atoms with Gasteiger partial charge in [-0.3, -0.25) is 9.59 Å². The molecular formula is C26H21ClF9N3O3. The molecule has 2 heterocycles. The molecule has 6 nitrogen and oxygen atoms in total. The van der Waals surface area contributed by atoms with Crippen molar-refractivity contribution in [3.8, 4) is 0 Å². The molecular weight excluding hydrogens is 609 g/mol. The number of carbonyl (C=O) groups excluding carboxylic acids is 2. The average molecular weight is 630 g/mol. The van der Waals surface area contributed by atoms with Gasteiger partial charge in [-0.25, -0.2) is 0 Å². The quantitative estimate of drug-likeness (QED) is 0.342. The molecule has 0 N–H and O–H groups in total. The standard InChI is InChI=1S/C26H21ClF9N3O3/c1-14-6-17(9-18(27)7-14)23(26(34,35)36)11-20(37-42-23)15-2-3-19(16(8-15)10-25(31,32)33)22(41)39-12-21(40)38(13-39)5-4-24(28,29)30/h2-3,6-9H,4-5,10-13H2,1H3. The Balaban J connectivity index is 1.64. The highest BCUT2D eigenvalue weighted by Gasteiger charge is 2.62. The second-order valence-corrected chi connectivity index (χ2v) is 10.4. The molecule has 0 spiro atoms. The molecule has 1 fully saturated rings. The van der Waals surface area contributed by atoms with Crippen LogP contribution in [0.1, 0.15) is 45.5 Å². The topological polar surface area (TPSA) is 62.2 Å². The number of nitrogens with zero attached hydrogens (tertiary/aromatic N) is 3. The second-order valence-electron chi connectivity index (χ2n) is 9.98. The van der Waals surface area contributed by atoms with Gasteiger partial charge in [0.2, 0.25) is 5.91 Å². The van der Waals surface area contributed by atoms with E-state index in [-0.39, 0.29) is 21.9 Å². The molecule has 2 amide bonds. The summed E-state index contributed by atoms with van der Waals surface area (Å²) < 4.78 is 121. The van der Waals surface area contributed by atoms with E-state index in [9.17, 15) is 49.1 Å². The summed E-state index contributed by atoms with van der Waals surface area (Å²) in [6.45, 7) is -0.460. The molecule has 1 atom stereocenters. The summed E-state index contributed by atoms with van der Waals surface area (Å²) in [6, 6.07) is 6.56. The Morgan fingerprint density at radius 1 is 1.02 bits per heavy atom. The first-order valence-electron chi connectivity index (χ1n) is 12.2. The molecule has 2 aliphatic heterocycles. The number of hydrogen-bond acceptors (Lipinski definition) is 4. The Labute approximate surface area is 237 Å². The lowest BCUT2D eigenvalue weighted by Crippen LogP contribution is -2.42. The molecule has 16 heteroatoms. The van der Waals surface area contributed by atoms with E-state index in [2.05, 4.69) is 5.16 Å². The molecule has 2 aromatic rings. The van der Waals surface area contributed by atoms with Crippen LogP contribution in [0.25, 0.3) is 0 Å². The number of halogens is 10. The van der Waals surface area contributed by atoms with Crippen LogP contribution in [0.2, 0.25) is 5.02 Å². The van der Waals surface area contributed by atoms with Gasteiger partial charge in [-0.05, 0) is 47.9 Å². The molecule has 0 aliphatic carbocycles. The highest BCUT2D eigenvalue weighted by Crippen LogP contribution is 2.49. The van der Waals surface area contributed by atoms with Crippen molar-refractivity contribution in [2.24, 2.45) is 5.16 Å². The largest absolute Gasteiger partial charge is 0.435 e. The van der Waals surface area contributed by atoms with Crippen LogP contribution in [0.15, 0.2) is 41.6 Å². The summed E-state index contributed by atoms with van der Waals surface area (Å²) in [6.07, 6.45) is -18.4. The number of rotatable bonds is 6. The fraction of sp³-hybridized carbons (Fsp3) is 0.423. The van der Waals surface area contributed by atoms with Crippen molar-refractivity contribution in [3.63, 3.8) is 0 Å². The fourth-order valence-electron chi connectivity index (χ4n) is 4.73. The van der Waals surface area contributed by atoms with Gasteiger partial charge in [0.25, 0.3) is 11.5 Å². The first-order valence-corrected chi connectivity index (χ1v) is 12.6. The maximum Gasteiger partial charge on any atom is 0.435 e. The number of oxime groups is 1. The Morgan fingerprint density at radius 2 is 1.71 bits per heavy atom. The number of carbonyl (C=O) groups is 2. The maximum absolute atomic E-state index is 14.3. The summed E-state index contributed by atoms with van der Waals surface area (Å²) in [5.74, 6) is -1.88. The minimum Gasteiger partial charge on any atom is -0.374 e. The van der Waals surface area contributed by atoms with Gasteiger partial charge < -0.3 is 14.6 Å². The SMILES string of the molecule is Cc1cc(Cl)cc(C2(C(F)(F)F)CC(c3ccc(C(=O)N4CC(=O)N(CCC(F)(F)F)C4)c(CC(F)(F)F)c3)=NO2)c1. The van der Waals surface area contributed by atoms with Gasteiger partial charge in [0.15, 0.2) is 0 Å². The summed E-state index contributed by atoms with van der Waals surface area (Å²) in [4.78, 5) is 31.7. The number of alkyl halides is 9. The van der Waals surface area contributed by atoms with E-state index in [0.29, 0.717) is 5.56 Å². The van der Waals surface area contributed by atoms with Gasteiger partial charge in [0.1, 0.15) is 6.54 Å². The maximum atomic E-state index is 14.3. The lowest BCUT2D eigenvalue weighted by molar-refractivity contribution is -0.275. The van der Waals surface area contributed by atoms with Crippen molar-refractivity contribution in [2.75, 3.05) is 19.8 Å². The lowest BCUT2D eigenvalue weighted by atomic mass is 9.85. The molecule has 0 radical (unpaired) electrons. The van der Waals surface area contributed by atoms with Crippen LogP contribution in [-0.2, 0) is 21.7 Å². The van der Waals surface area contributed by atoms with Crippen molar-refractivity contribution in [1.29, 1.82) is 0 Å². The zero-order chi connectivity index (χ0) is 31.3. The summed E-state index contributed by atoms with van der Waals surface area (Å²) in [5.41, 5.74) is -4.62. The van der Waals surface area contributed by atoms with Crippen LogP contribution in [0.5, 0.6) is 0 Å². The Morgan fingerprint density at radius 3 is 2.31 bits per heavy atom. The van der Waals surface area contributed by atoms with Crippen molar-refractivity contribution in [1.82, 2.24) is 9.80 Å². The summed E-state index contributed by atoms with van der Waals surface area (Å²) >= 11 is 5.96. The van der Waals surface area contributed by atoms with Crippen LogP contribution in [0, 0.1) is 6.92 Å². The fourth-order valence-corrected chi connectivity index (χ4v) is 5.02. The highest BCUT2D eigenvalue weighted by molar-refractivity contribution is 6.30. The van der Waals surface area contributed by atoms with Crippen LogP contribution >= 0.6 is 11.6 Å². The average Bonchev–Trinajstić information content (AvgIpc) is 3.45.